The third kappa shape index (κ3) is 10.0. The molecule has 0 spiro atoms. The van der Waals surface area contributed by atoms with Gasteiger partial charge in [0.2, 0.25) is 0 Å². The van der Waals surface area contributed by atoms with E-state index in [1.54, 1.807) is 0 Å². The van der Waals surface area contributed by atoms with Crippen LogP contribution in [0.3, 0.4) is 0 Å². The molecule has 0 aromatic carbocycles. The maximum atomic E-state index is 8.68. The molecular formula is C6H14NaO. The van der Waals surface area contributed by atoms with Crippen LogP contribution in [0.2, 0.25) is 0 Å². The quantitative estimate of drug-likeness (QED) is 0.561. The molecule has 0 aliphatic carbocycles. The monoisotopic (exact) mass is 125 g/mol. The van der Waals surface area contributed by atoms with E-state index >= 15 is 0 Å². The van der Waals surface area contributed by atoms with Crippen molar-refractivity contribution < 1.29 is 5.11 Å². The SMILES string of the molecule is CCCCC(C)O.[Na]. The Labute approximate surface area is 73.8 Å². The van der Waals surface area contributed by atoms with Crippen LogP contribution in [-0.4, -0.2) is 40.8 Å². The smallest absolute Gasteiger partial charge is 0.0512 e. The Morgan fingerprint density at radius 3 is 2.12 bits per heavy atom. The molecular weight excluding hydrogens is 111 g/mol. The molecule has 0 heterocycles. The molecule has 0 aromatic rings. The van der Waals surface area contributed by atoms with E-state index < -0.39 is 0 Å². The van der Waals surface area contributed by atoms with E-state index in [2.05, 4.69) is 6.92 Å². The number of rotatable bonds is 3. The van der Waals surface area contributed by atoms with Gasteiger partial charge in [0.05, 0.1) is 6.10 Å². The fourth-order valence-corrected chi connectivity index (χ4v) is 0.500. The maximum absolute atomic E-state index is 8.68. The van der Waals surface area contributed by atoms with Crippen LogP contribution in [0.1, 0.15) is 33.1 Å². The number of unbranched alkanes of at least 4 members (excludes halogenated alkanes) is 1. The van der Waals surface area contributed by atoms with Crippen LogP contribution in [0, 0.1) is 0 Å². The largest absolute Gasteiger partial charge is 0.393 e. The molecule has 1 radical (unpaired) electrons. The third-order valence-electron chi connectivity index (χ3n) is 0.975. The molecule has 0 fully saturated rings. The summed E-state index contributed by atoms with van der Waals surface area (Å²) in [6.07, 6.45) is 3.19. The minimum atomic E-state index is -0.0973. The van der Waals surface area contributed by atoms with Crippen molar-refractivity contribution in [3.63, 3.8) is 0 Å². The van der Waals surface area contributed by atoms with Crippen LogP contribution >= 0.6 is 0 Å². The normalized spacial score (nSPS) is 12.4. The van der Waals surface area contributed by atoms with Crippen molar-refractivity contribution >= 4 is 29.6 Å². The van der Waals surface area contributed by atoms with Crippen LogP contribution < -0.4 is 0 Å². The van der Waals surface area contributed by atoms with Crippen LogP contribution in [0.15, 0.2) is 0 Å². The zero-order valence-corrected chi connectivity index (χ0v) is 8.15. The fraction of sp³-hybridized carbons (Fsp3) is 1.00. The van der Waals surface area contributed by atoms with Gasteiger partial charge in [-0.15, -0.1) is 0 Å². The van der Waals surface area contributed by atoms with Gasteiger partial charge in [-0.05, 0) is 13.3 Å². The molecule has 0 rings (SSSR count). The van der Waals surface area contributed by atoms with Crippen molar-refractivity contribution in [2.75, 3.05) is 0 Å². The molecule has 8 heavy (non-hydrogen) atoms. The number of aliphatic hydroxyl groups is 1. The van der Waals surface area contributed by atoms with Crippen molar-refractivity contribution in [1.29, 1.82) is 0 Å². The van der Waals surface area contributed by atoms with E-state index in [9.17, 15) is 0 Å². The fourth-order valence-electron chi connectivity index (χ4n) is 0.500. The zero-order chi connectivity index (χ0) is 5.70. The van der Waals surface area contributed by atoms with Gasteiger partial charge in [-0.3, -0.25) is 0 Å². The average Bonchev–Trinajstić information content (AvgIpc) is 1.61. The first-order valence-electron chi connectivity index (χ1n) is 2.95. The number of aliphatic hydroxyl groups excluding tert-OH is 1. The van der Waals surface area contributed by atoms with Gasteiger partial charge in [0, 0.05) is 29.6 Å². The summed E-state index contributed by atoms with van der Waals surface area (Å²) in [6.45, 7) is 3.96. The molecule has 0 amide bonds. The van der Waals surface area contributed by atoms with Crippen LogP contribution in [0.4, 0.5) is 0 Å². The molecule has 0 bridgehead atoms. The minimum absolute atomic E-state index is 0. The summed E-state index contributed by atoms with van der Waals surface area (Å²) in [6, 6.07) is 0. The Balaban J connectivity index is 0. The van der Waals surface area contributed by atoms with Gasteiger partial charge in [0.25, 0.3) is 0 Å². The van der Waals surface area contributed by atoms with Gasteiger partial charge >= 0.3 is 0 Å². The van der Waals surface area contributed by atoms with E-state index in [4.69, 9.17) is 5.11 Å². The summed E-state index contributed by atoms with van der Waals surface area (Å²) in [5.41, 5.74) is 0. The van der Waals surface area contributed by atoms with E-state index in [-0.39, 0.29) is 35.7 Å². The molecule has 0 saturated carbocycles. The van der Waals surface area contributed by atoms with Crippen molar-refractivity contribution in [2.24, 2.45) is 0 Å². The summed E-state index contributed by atoms with van der Waals surface area (Å²) in [5.74, 6) is 0. The van der Waals surface area contributed by atoms with Crippen molar-refractivity contribution in [2.45, 2.75) is 39.2 Å². The van der Waals surface area contributed by atoms with E-state index in [0.717, 1.165) is 12.8 Å². The second-order valence-corrected chi connectivity index (χ2v) is 1.99. The summed E-state index contributed by atoms with van der Waals surface area (Å²) in [7, 11) is 0. The van der Waals surface area contributed by atoms with Crippen LogP contribution in [-0.2, 0) is 0 Å². The van der Waals surface area contributed by atoms with Crippen LogP contribution in [0.25, 0.3) is 0 Å². The minimum Gasteiger partial charge on any atom is -0.393 e. The Morgan fingerprint density at radius 2 is 2.00 bits per heavy atom. The molecule has 1 unspecified atom stereocenters. The van der Waals surface area contributed by atoms with Crippen molar-refractivity contribution in [3.05, 3.63) is 0 Å². The maximum Gasteiger partial charge on any atom is 0.0512 e. The summed E-state index contributed by atoms with van der Waals surface area (Å²) >= 11 is 0. The van der Waals surface area contributed by atoms with Gasteiger partial charge in [-0.2, -0.15) is 0 Å². The van der Waals surface area contributed by atoms with Gasteiger partial charge in [-0.25, -0.2) is 0 Å². The Morgan fingerprint density at radius 1 is 1.50 bits per heavy atom. The third-order valence-corrected chi connectivity index (χ3v) is 0.975. The molecule has 0 aliphatic rings. The topological polar surface area (TPSA) is 20.2 Å². The van der Waals surface area contributed by atoms with E-state index in [1.807, 2.05) is 6.92 Å². The Kier molecular flexibility index (Phi) is 11.7. The van der Waals surface area contributed by atoms with Crippen molar-refractivity contribution in [1.82, 2.24) is 0 Å². The molecule has 2 heteroatoms. The van der Waals surface area contributed by atoms with Gasteiger partial charge in [0.1, 0.15) is 0 Å². The van der Waals surface area contributed by atoms with Crippen molar-refractivity contribution in [3.8, 4) is 0 Å². The molecule has 45 valence electrons. The van der Waals surface area contributed by atoms with Crippen LogP contribution in [0.5, 0.6) is 0 Å². The van der Waals surface area contributed by atoms with E-state index in [0.29, 0.717) is 0 Å². The molecule has 0 aliphatic heterocycles. The van der Waals surface area contributed by atoms with E-state index in [1.165, 1.54) is 6.42 Å². The van der Waals surface area contributed by atoms with Gasteiger partial charge in [0.15, 0.2) is 0 Å². The standard InChI is InChI=1S/C6H14O.Na/c1-3-4-5-6(2)7;/h6-7H,3-5H2,1-2H3;. The first kappa shape index (κ1) is 11.7. The molecule has 0 saturated heterocycles. The first-order valence-corrected chi connectivity index (χ1v) is 2.95. The second-order valence-electron chi connectivity index (χ2n) is 1.99. The van der Waals surface area contributed by atoms with Gasteiger partial charge < -0.3 is 5.11 Å². The summed E-state index contributed by atoms with van der Waals surface area (Å²) in [4.78, 5) is 0. The second kappa shape index (κ2) is 7.96. The summed E-state index contributed by atoms with van der Waals surface area (Å²) < 4.78 is 0. The number of hydrogen-bond donors (Lipinski definition) is 1. The molecule has 1 atom stereocenters. The van der Waals surface area contributed by atoms with Gasteiger partial charge in [-0.1, -0.05) is 19.8 Å². The predicted molar refractivity (Wildman–Crippen MR) is 37.0 cm³/mol. The molecule has 1 N–H and O–H groups in total. The first-order chi connectivity index (χ1) is 3.27. The molecule has 0 aromatic heterocycles. The Hall–Kier alpha value is 0.960. The summed E-state index contributed by atoms with van der Waals surface area (Å²) in [5, 5.41) is 8.68. The Bertz CT molecular complexity index is 37.5. The molecule has 1 nitrogen and oxygen atoms in total. The predicted octanol–water partition coefficient (Wildman–Crippen LogP) is 1.18. The zero-order valence-electron chi connectivity index (χ0n) is 6.15. The number of hydrogen-bond acceptors (Lipinski definition) is 1. The average molecular weight is 125 g/mol.